The summed E-state index contributed by atoms with van der Waals surface area (Å²) in [6, 6.07) is 20.5. The number of ether oxygens (including phenoxy) is 1. The molecule has 0 aliphatic heterocycles. The number of nitrogens with zero attached hydrogens (tertiary/aromatic N) is 6. The first-order valence-corrected chi connectivity index (χ1v) is 11.2. The zero-order chi connectivity index (χ0) is 23.5. The Morgan fingerprint density at radius 2 is 1.94 bits per heavy atom. The smallest absolute Gasteiger partial charge is 0.119 e. The molecule has 4 aromatic rings. The van der Waals surface area contributed by atoms with E-state index in [0.717, 1.165) is 33.3 Å². The van der Waals surface area contributed by atoms with Crippen molar-refractivity contribution in [2.24, 2.45) is 11.7 Å². The van der Waals surface area contributed by atoms with Crippen molar-refractivity contribution in [3.05, 3.63) is 60.9 Å². The van der Waals surface area contributed by atoms with Crippen LogP contribution in [0.3, 0.4) is 0 Å². The molecule has 2 N–H and O–H groups in total. The Bertz CT molecular complexity index is 1410. The highest BCUT2D eigenvalue weighted by atomic mass is 16.5. The van der Waals surface area contributed by atoms with E-state index in [9.17, 15) is 10.5 Å². The minimum Gasteiger partial charge on any atom is -0.492 e. The van der Waals surface area contributed by atoms with Crippen LogP contribution in [0.2, 0.25) is 0 Å². The van der Waals surface area contributed by atoms with Crippen LogP contribution in [-0.4, -0.2) is 33.1 Å². The molecule has 5 rings (SSSR count). The number of aromatic nitrogens is 4. The van der Waals surface area contributed by atoms with Gasteiger partial charge in [-0.15, -0.1) is 0 Å². The molecule has 2 aromatic heterocycles. The third-order valence-electron chi connectivity index (χ3n) is 6.33. The lowest BCUT2D eigenvalue weighted by Gasteiger charge is -2.42. The van der Waals surface area contributed by atoms with Gasteiger partial charge in [0, 0.05) is 23.7 Å². The van der Waals surface area contributed by atoms with Crippen LogP contribution in [-0.2, 0) is 5.54 Å². The molecule has 0 atom stereocenters. The third-order valence-corrected chi connectivity index (χ3v) is 6.33. The first-order valence-electron chi connectivity index (χ1n) is 11.2. The van der Waals surface area contributed by atoms with Gasteiger partial charge >= 0.3 is 0 Å². The number of nitriles is 2. The van der Waals surface area contributed by atoms with E-state index in [-0.39, 0.29) is 12.3 Å². The van der Waals surface area contributed by atoms with Gasteiger partial charge in [-0.25, -0.2) is 0 Å². The molecule has 0 bridgehead atoms. The average Bonchev–Trinajstić information content (AvgIpc) is 3.35. The lowest BCUT2D eigenvalue weighted by Crippen LogP contribution is -2.47. The van der Waals surface area contributed by atoms with Crippen molar-refractivity contribution in [2.45, 2.75) is 24.8 Å². The summed E-state index contributed by atoms with van der Waals surface area (Å²) in [5.41, 5.74) is 9.51. The fourth-order valence-corrected chi connectivity index (χ4v) is 4.57. The maximum absolute atomic E-state index is 9.36. The Kier molecular flexibility index (Phi) is 5.67. The Balaban J connectivity index is 1.54. The van der Waals surface area contributed by atoms with Gasteiger partial charge in [-0.3, -0.25) is 4.98 Å². The van der Waals surface area contributed by atoms with Crippen molar-refractivity contribution in [3.8, 4) is 40.3 Å². The maximum atomic E-state index is 9.36. The van der Waals surface area contributed by atoms with Gasteiger partial charge in [0.2, 0.25) is 0 Å². The molecule has 0 saturated heterocycles. The van der Waals surface area contributed by atoms with E-state index in [1.165, 1.54) is 0 Å². The van der Waals surface area contributed by atoms with Crippen molar-refractivity contribution >= 4 is 10.9 Å². The lowest BCUT2D eigenvalue weighted by atomic mass is 9.68. The summed E-state index contributed by atoms with van der Waals surface area (Å²) in [6.07, 6.45) is 4.96. The monoisotopic (exact) mass is 449 g/mol. The zero-order valence-electron chi connectivity index (χ0n) is 18.6. The number of hydrogen-bond donors (Lipinski definition) is 1. The average molecular weight is 450 g/mol. The largest absolute Gasteiger partial charge is 0.492 e. The molecule has 0 unspecified atom stereocenters. The second-order valence-corrected chi connectivity index (χ2v) is 8.57. The number of fused-ring (bicyclic) bond motifs is 1. The van der Waals surface area contributed by atoms with Crippen LogP contribution in [0.1, 0.15) is 19.3 Å². The van der Waals surface area contributed by atoms with Gasteiger partial charge in [0.05, 0.1) is 41.7 Å². The third kappa shape index (κ3) is 3.85. The van der Waals surface area contributed by atoms with Gasteiger partial charge in [-0.05, 0) is 54.3 Å². The van der Waals surface area contributed by atoms with E-state index >= 15 is 0 Å². The SMILES string of the molecule is N#CCC1(n2ncc(-c3cc(-c4ccc(OCCN)cc4)cc4ncccc34)n2)CC(C#N)C1. The molecule has 2 aromatic carbocycles. The molecular formula is C26H23N7O. The quantitative estimate of drug-likeness (QED) is 0.451. The van der Waals surface area contributed by atoms with Crippen LogP contribution in [0.15, 0.2) is 60.9 Å². The van der Waals surface area contributed by atoms with Crippen LogP contribution in [0.25, 0.3) is 33.3 Å². The van der Waals surface area contributed by atoms with Gasteiger partial charge in [0.1, 0.15) is 18.1 Å². The Morgan fingerprint density at radius 1 is 1.12 bits per heavy atom. The van der Waals surface area contributed by atoms with Crippen molar-refractivity contribution in [3.63, 3.8) is 0 Å². The highest BCUT2D eigenvalue weighted by molar-refractivity contribution is 5.97. The second kappa shape index (κ2) is 8.93. The summed E-state index contributed by atoms with van der Waals surface area (Å²) in [5.74, 6) is 0.711. The summed E-state index contributed by atoms with van der Waals surface area (Å²) in [4.78, 5) is 6.21. The van der Waals surface area contributed by atoms with Gasteiger partial charge in [0.25, 0.3) is 0 Å². The predicted octanol–water partition coefficient (Wildman–Crippen LogP) is 4.04. The van der Waals surface area contributed by atoms with Gasteiger partial charge < -0.3 is 10.5 Å². The Labute approximate surface area is 197 Å². The van der Waals surface area contributed by atoms with Gasteiger partial charge in [0.15, 0.2) is 0 Å². The van der Waals surface area contributed by atoms with E-state index < -0.39 is 5.54 Å². The molecule has 0 spiro atoms. The van der Waals surface area contributed by atoms with Crippen molar-refractivity contribution < 1.29 is 4.74 Å². The van der Waals surface area contributed by atoms with Gasteiger partial charge in [-0.1, -0.05) is 18.2 Å². The van der Waals surface area contributed by atoms with Crippen molar-refractivity contribution in [1.29, 1.82) is 10.5 Å². The topological polar surface area (TPSA) is 126 Å². The summed E-state index contributed by atoms with van der Waals surface area (Å²) in [6.45, 7) is 0.941. The van der Waals surface area contributed by atoms with E-state index in [1.54, 1.807) is 17.2 Å². The molecule has 1 aliphatic carbocycles. The molecule has 2 heterocycles. The minimum absolute atomic E-state index is 0.0621. The molecule has 168 valence electrons. The zero-order valence-corrected chi connectivity index (χ0v) is 18.6. The molecular weight excluding hydrogens is 426 g/mol. The van der Waals surface area contributed by atoms with Crippen LogP contribution in [0, 0.1) is 28.6 Å². The highest BCUT2D eigenvalue weighted by Crippen LogP contribution is 2.45. The molecule has 0 amide bonds. The molecule has 1 aliphatic rings. The highest BCUT2D eigenvalue weighted by Gasteiger charge is 2.48. The van der Waals surface area contributed by atoms with E-state index in [2.05, 4.69) is 34.4 Å². The van der Waals surface area contributed by atoms with Crippen molar-refractivity contribution in [1.82, 2.24) is 20.0 Å². The molecule has 8 heteroatoms. The summed E-state index contributed by atoms with van der Waals surface area (Å²) >= 11 is 0. The fraction of sp³-hybridized carbons (Fsp3) is 0.269. The fourth-order valence-electron chi connectivity index (χ4n) is 4.57. The first-order chi connectivity index (χ1) is 16.7. The molecule has 1 saturated carbocycles. The number of pyridine rings is 1. The first kappa shape index (κ1) is 21.6. The molecule has 34 heavy (non-hydrogen) atoms. The van der Waals surface area contributed by atoms with Gasteiger partial charge in [-0.2, -0.15) is 25.5 Å². The molecule has 0 radical (unpaired) electrons. The lowest BCUT2D eigenvalue weighted by molar-refractivity contribution is 0.0713. The Hall–Kier alpha value is -4.27. The minimum atomic E-state index is -0.515. The number of nitrogens with two attached hydrogens (primary N) is 1. The van der Waals surface area contributed by atoms with E-state index in [4.69, 9.17) is 15.6 Å². The number of rotatable bonds is 7. The van der Waals surface area contributed by atoms with Crippen molar-refractivity contribution in [2.75, 3.05) is 13.2 Å². The van der Waals surface area contributed by atoms with Crippen LogP contribution < -0.4 is 10.5 Å². The standard InChI is InChI=1S/C26H23N7O/c27-8-7-26(14-18(15-26)16-29)33-31-17-25(32-33)23-12-20(13-24-22(23)2-1-10-30-24)19-3-5-21(6-4-19)34-11-9-28/h1-6,10,12-13,17-18H,7,9,11,14-15,28H2. The van der Waals surface area contributed by atoms with Crippen LogP contribution in [0.5, 0.6) is 5.75 Å². The number of benzene rings is 2. The summed E-state index contributed by atoms with van der Waals surface area (Å²) < 4.78 is 5.59. The van der Waals surface area contributed by atoms with E-state index in [1.807, 2.05) is 36.4 Å². The van der Waals surface area contributed by atoms with Crippen LogP contribution >= 0.6 is 0 Å². The predicted molar refractivity (Wildman–Crippen MR) is 127 cm³/mol. The maximum Gasteiger partial charge on any atom is 0.119 e. The Morgan fingerprint density at radius 3 is 2.68 bits per heavy atom. The van der Waals surface area contributed by atoms with Crippen LogP contribution in [0.4, 0.5) is 0 Å². The summed E-state index contributed by atoms with van der Waals surface area (Å²) in [7, 11) is 0. The molecule has 8 nitrogen and oxygen atoms in total. The normalized spacial score (nSPS) is 19.2. The second-order valence-electron chi connectivity index (χ2n) is 8.57. The summed E-state index contributed by atoms with van der Waals surface area (Å²) in [5, 5.41) is 28.9. The van der Waals surface area contributed by atoms with E-state index in [0.29, 0.717) is 31.7 Å². The number of hydrogen-bond acceptors (Lipinski definition) is 7. The molecule has 1 fully saturated rings.